The highest BCUT2D eigenvalue weighted by molar-refractivity contribution is 7.68. The molecule has 0 fully saturated rings. The summed E-state index contributed by atoms with van der Waals surface area (Å²) < 4.78 is 7.89. The second kappa shape index (κ2) is 4.83. The van der Waals surface area contributed by atoms with Gasteiger partial charge in [-0.3, -0.25) is 4.67 Å². The van der Waals surface area contributed by atoms with E-state index in [2.05, 4.69) is 79.9 Å². The van der Waals surface area contributed by atoms with Crippen LogP contribution < -0.4 is 0 Å². The van der Waals surface area contributed by atoms with Crippen LogP contribution >= 0.6 is 7.21 Å². The molecule has 0 heterocycles. The van der Waals surface area contributed by atoms with Crippen LogP contribution in [0.2, 0.25) is 19.6 Å². The van der Waals surface area contributed by atoms with Gasteiger partial charge in [-0.2, -0.15) is 0 Å². The molecule has 2 nitrogen and oxygen atoms in total. The van der Waals surface area contributed by atoms with Gasteiger partial charge in [-0.05, 0) is 14.1 Å². The maximum atomic E-state index is 5.46. The lowest BCUT2D eigenvalue weighted by molar-refractivity contribution is 0.567. The minimum atomic E-state index is -1.54. The fraction of sp³-hybridized carbons (Fsp3) is 1.00. The van der Waals surface area contributed by atoms with E-state index in [0.29, 0.717) is 0 Å². The molecule has 0 radical (unpaired) electrons. The summed E-state index contributed by atoms with van der Waals surface area (Å²) in [6, 6.07) is 0. The van der Waals surface area contributed by atoms with Crippen LogP contribution in [0.3, 0.4) is 0 Å². The van der Waals surface area contributed by atoms with Crippen molar-refractivity contribution in [2.45, 2.75) is 71.5 Å². The van der Waals surface area contributed by atoms with Gasteiger partial charge in [-0.25, -0.2) is 0 Å². The zero-order valence-corrected chi connectivity index (χ0v) is 15.7. The Balaban J connectivity index is 6.28. The fourth-order valence-corrected chi connectivity index (χ4v) is 14.0. The van der Waals surface area contributed by atoms with Crippen LogP contribution in [0.4, 0.5) is 0 Å². The molecule has 0 aliphatic carbocycles. The van der Waals surface area contributed by atoms with Crippen LogP contribution in [0.25, 0.3) is 0 Å². The molecule has 0 aromatic heterocycles. The average Bonchev–Trinajstić information content (AvgIpc) is 1.92. The Bertz CT molecular complexity index is 296. The summed E-state index contributed by atoms with van der Waals surface area (Å²) in [5.41, 5.74) is 0. The maximum absolute atomic E-state index is 5.46. The van der Waals surface area contributed by atoms with E-state index in [1.54, 1.807) is 0 Å². The summed E-state index contributed by atoms with van der Waals surface area (Å²) in [6.07, 6.45) is 0. The normalized spacial score (nSPS) is 15.3. The second-order valence-corrected chi connectivity index (χ2v) is 17.9. The van der Waals surface area contributed by atoms with E-state index in [0.717, 1.165) is 0 Å². The van der Waals surface area contributed by atoms with Gasteiger partial charge in [0.2, 0.25) is 0 Å². The molecule has 0 N–H and O–H groups in total. The van der Waals surface area contributed by atoms with Crippen LogP contribution in [0.5, 0.6) is 0 Å². The smallest absolute Gasteiger partial charge is 0.172 e. The molecular formula is C13H33N2PSi. The first-order chi connectivity index (χ1) is 7.15. The number of hydrogen-bond acceptors (Lipinski definition) is 1. The van der Waals surface area contributed by atoms with Gasteiger partial charge < -0.3 is 4.41 Å². The first kappa shape index (κ1) is 17.4. The quantitative estimate of drug-likeness (QED) is 0.506. The van der Waals surface area contributed by atoms with Gasteiger partial charge in [0.15, 0.2) is 8.24 Å². The van der Waals surface area contributed by atoms with Gasteiger partial charge in [-0.1, -0.05) is 61.2 Å². The molecule has 4 heteroatoms. The first-order valence-electron chi connectivity index (χ1n) is 6.47. The summed E-state index contributed by atoms with van der Waals surface area (Å²) in [5.74, 6) is 0. The first-order valence-corrected chi connectivity index (χ1v) is 11.6. The maximum Gasteiger partial charge on any atom is 0.172 e. The van der Waals surface area contributed by atoms with Crippen molar-refractivity contribution < 1.29 is 0 Å². The molecule has 0 amide bonds. The molecule has 0 bridgehead atoms. The van der Waals surface area contributed by atoms with Gasteiger partial charge in [0.05, 0.1) is 0 Å². The molecule has 104 valence electrons. The van der Waals surface area contributed by atoms with E-state index >= 15 is 0 Å². The predicted molar refractivity (Wildman–Crippen MR) is 85.9 cm³/mol. The van der Waals surface area contributed by atoms with Crippen molar-refractivity contribution in [3.8, 4) is 0 Å². The molecule has 0 unspecified atom stereocenters. The zero-order chi connectivity index (χ0) is 14.3. The molecular weight excluding hydrogens is 243 g/mol. The van der Waals surface area contributed by atoms with Crippen molar-refractivity contribution in [3.63, 3.8) is 0 Å². The Morgan fingerprint density at radius 2 is 1.12 bits per heavy atom. The van der Waals surface area contributed by atoms with Crippen LogP contribution in [0.15, 0.2) is 4.41 Å². The Labute approximate surface area is 110 Å². The molecule has 0 rings (SSSR count). The second-order valence-electron chi connectivity index (χ2n) is 8.06. The van der Waals surface area contributed by atoms with Crippen molar-refractivity contribution in [2.75, 3.05) is 14.1 Å². The topological polar surface area (TPSA) is 15.6 Å². The van der Waals surface area contributed by atoms with Crippen LogP contribution in [0.1, 0.15) is 41.5 Å². The summed E-state index contributed by atoms with van der Waals surface area (Å²) in [5, 5.41) is 0.462. The van der Waals surface area contributed by atoms with Crippen LogP contribution in [-0.4, -0.2) is 37.3 Å². The van der Waals surface area contributed by atoms with Gasteiger partial charge in [0, 0.05) is 17.5 Å². The minimum absolute atomic E-state index is 0.231. The highest BCUT2D eigenvalue weighted by atomic mass is 31.2. The Kier molecular flexibility index (Phi) is 4.94. The molecule has 0 aliphatic heterocycles. The van der Waals surface area contributed by atoms with Crippen LogP contribution in [0, 0.1) is 0 Å². The molecule has 0 aromatic rings. The predicted octanol–water partition coefficient (Wildman–Crippen LogP) is 5.10. The average molecular weight is 276 g/mol. The Morgan fingerprint density at radius 3 is 1.18 bits per heavy atom. The molecule has 0 saturated heterocycles. The monoisotopic (exact) mass is 276 g/mol. The third-order valence-electron chi connectivity index (χ3n) is 2.89. The van der Waals surface area contributed by atoms with Crippen molar-refractivity contribution in [3.05, 3.63) is 0 Å². The van der Waals surface area contributed by atoms with Crippen molar-refractivity contribution >= 4 is 15.4 Å². The summed E-state index contributed by atoms with van der Waals surface area (Å²) in [7, 11) is 1.45. The summed E-state index contributed by atoms with van der Waals surface area (Å²) in [4.78, 5) is 0. The SMILES string of the molecule is CN(C)P(=N[Si](C)(C)C)(C(C)(C)C)C(C)(C)C. The lowest BCUT2D eigenvalue weighted by Crippen LogP contribution is -2.38. The van der Waals surface area contributed by atoms with Crippen LogP contribution in [-0.2, 0) is 0 Å². The molecule has 0 atom stereocenters. The van der Waals surface area contributed by atoms with E-state index in [1.807, 2.05) is 0 Å². The van der Waals surface area contributed by atoms with Gasteiger partial charge in [0.1, 0.15) is 0 Å². The lowest BCUT2D eigenvalue weighted by Gasteiger charge is -2.52. The van der Waals surface area contributed by atoms with E-state index in [4.69, 9.17) is 4.41 Å². The molecule has 0 aromatic carbocycles. The largest absolute Gasteiger partial charge is 0.323 e. The lowest BCUT2D eigenvalue weighted by atomic mass is 10.2. The zero-order valence-electron chi connectivity index (χ0n) is 13.8. The van der Waals surface area contributed by atoms with E-state index < -0.39 is 15.4 Å². The Hall–Kier alpha value is 0.407. The van der Waals surface area contributed by atoms with E-state index in [9.17, 15) is 0 Å². The van der Waals surface area contributed by atoms with Crippen molar-refractivity contribution in [1.82, 2.24) is 4.67 Å². The van der Waals surface area contributed by atoms with Gasteiger partial charge >= 0.3 is 0 Å². The summed E-state index contributed by atoms with van der Waals surface area (Å²) in [6.45, 7) is 21.2. The standard InChI is InChI=1S/C13H33N2PSi/c1-12(2,3)16(15(7)8,13(4,5)6)14-17(9,10)11/h1-11H3. The third-order valence-corrected chi connectivity index (χ3v) is 11.4. The molecule has 0 spiro atoms. The highest BCUT2D eigenvalue weighted by Crippen LogP contribution is 2.71. The van der Waals surface area contributed by atoms with Crippen molar-refractivity contribution in [1.29, 1.82) is 0 Å². The number of hydrogen-bond donors (Lipinski definition) is 0. The minimum Gasteiger partial charge on any atom is -0.323 e. The third kappa shape index (κ3) is 3.68. The molecule has 0 aliphatic rings. The number of nitrogens with zero attached hydrogens (tertiary/aromatic N) is 2. The van der Waals surface area contributed by atoms with Gasteiger partial charge in [-0.15, -0.1) is 0 Å². The van der Waals surface area contributed by atoms with Gasteiger partial charge in [0.25, 0.3) is 0 Å². The molecule has 17 heavy (non-hydrogen) atoms. The fourth-order valence-electron chi connectivity index (χ4n) is 3.03. The molecule has 0 saturated carbocycles. The number of rotatable bonds is 2. The van der Waals surface area contributed by atoms with E-state index in [1.165, 1.54) is 0 Å². The summed E-state index contributed by atoms with van der Waals surface area (Å²) >= 11 is 0. The van der Waals surface area contributed by atoms with E-state index in [-0.39, 0.29) is 10.3 Å². The van der Waals surface area contributed by atoms with Crippen molar-refractivity contribution in [2.24, 2.45) is 4.41 Å². The Morgan fingerprint density at radius 1 is 0.824 bits per heavy atom. The highest BCUT2D eigenvalue weighted by Gasteiger charge is 2.45.